The van der Waals surface area contributed by atoms with Crippen LogP contribution in [-0.4, -0.2) is 5.11 Å². The largest absolute Gasteiger partial charge is 0.465 e. The van der Waals surface area contributed by atoms with E-state index in [1.54, 1.807) is 6.07 Å². The minimum absolute atomic E-state index is 0.503. The lowest BCUT2D eigenvalue weighted by Gasteiger charge is -2.11. The van der Waals surface area contributed by atoms with Crippen molar-refractivity contribution in [1.82, 2.24) is 0 Å². The zero-order valence-corrected chi connectivity index (χ0v) is 12.7. The molecule has 1 N–H and O–H groups in total. The van der Waals surface area contributed by atoms with E-state index < -0.39 is 6.10 Å². The number of halogens is 3. The van der Waals surface area contributed by atoms with Gasteiger partial charge in [-0.25, -0.2) is 0 Å². The van der Waals surface area contributed by atoms with Crippen molar-refractivity contribution in [2.45, 2.75) is 6.10 Å². The maximum Gasteiger partial charge on any atom is 0.150 e. The van der Waals surface area contributed by atoms with Gasteiger partial charge in [-0.15, -0.1) is 0 Å². The molecule has 16 heavy (non-hydrogen) atoms. The van der Waals surface area contributed by atoms with Crippen molar-refractivity contribution in [3.63, 3.8) is 0 Å². The summed E-state index contributed by atoms with van der Waals surface area (Å²) in [4.78, 5) is 0. The Labute approximate surface area is 118 Å². The minimum atomic E-state index is -0.785. The Morgan fingerprint density at radius 2 is 1.81 bits per heavy atom. The van der Waals surface area contributed by atoms with Gasteiger partial charge in [-0.05, 0) is 34.1 Å². The molecule has 1 heterocycles. The molecular formula is C11H7Br3O2. The SMILES string of the molecule is OC(c1ccc(Br)cc1Br)c1occc1Br. The summed E-state index contributed by atoms with van der Waals surface area (Å²) >= 11 is 10.1. The third-order valence-corrected chi connectivity index (χ3v) is 3.99. The third kappa shape index (κ3) is 2.42. The molecule has 1 atom stereocenters. The fourth-order valence-electron chi connectivity index (χ4n) is 1.37. The maximum atomic E-state index is 10.2. The molecule has 0 fully saturated rings. The first-order valence-electron chi connectivity index (χ1n) is 4.45. The predicted molar refractivity (Wildman–Crippen MR) is 72.3 cm³/mol. The highest BCUT2D eigenvalue weighted by atomic mass is 79.9. The van der Waals surface area contributed by atoms with Gasteiger partial charge in [0.1, 0.15) is 6.10 Å². The van der Waals surface area contributed by atoms with Crippen molar-refractivity contribution in [2.24, 2.45) is 0 Å². The van der Waals surface area contributed by atoms with Crippen molar-refractivity contribution < 1.29 is 9.52 Å². The normalized spacial score (nSPS) is 12.8. The van der Waals surface area contributed by atoms with E-state index in [2.05, 4.69) is 47.8 Å². The van der Waals surface area contributed by atoms with Crippen molar-refractivity contribution in [3.05, 3.63) is 55.3 Å². The zero-order chi connectivity index (χ0) is 11.7. The summed E-state index contributed by atoms with van der Waals surface area (Å²) < 4.78 is 7.78. The van der Waals surface area contributed by atoms with Crippen LogP contribution in [0.2, 0.25) is 0 Å². The summed E-state index contributed by atoms with van der Waals surface area (Å²) in [5.41, 5.74) is 0.763. The fourth-order valence-corrected chi connectivity index (χ4v) is 3.05. The Bertz CT molecular complexity index is 508. The molecule has 0 bridgehead atoms. The topological polar surface area (TPSA) is 33.4 Å². The number of rotatable bonds is 2. The lowest BCUT2D eigenvalue weighted by Crippen LogP contribution is -1.99. The average Bonchev–Trinajstić information content (AvgIpc) is 2.63. The van der Waals surface area contributed by atoms with E-state index in [4.69, 9.17) is 4.42 Å². The highest BCUT2D eigenvalue weighted by Gasteiger charge is 2.19. The van der Waals surface area contributed by atoms with Crippen LogP contribution in [0.3, 0.4) is 0 Å². The van der Waals surface area contributed by atoms with E-state index in [0.29, 0.717) is 5.76 Å². The van der Waals surface area contributed by atoms with Gasteiger partial charge in [-0.1, -0.05) is 37.9 Å². The summed E-state index contributed by atoms with van der Waals surface area (Å²) in [5.74, 6) is 0.503. The van der Waals surface area contributed by atoms with Gasteiger partial charge in [0, 0.05) is 14.5 Å². The van der Waals surface area contributed by atoms with Crippen LogP contribution in [0.15, 0.2) is 48.4 Å². The second kappa shape index (κ2) is 5.04. The molecule has 0 amide bonds. The van der Waals surface area contributed by atoms with Crippen molar-refractivity contribution in [3.8, 4) is 0 Å². The lowest BCUT2D eigenvalue weighted by atomic mass is 10.1. The van der Waals surface area contributed by atoms with Crippen LogP contribution in [0, 0.1) is 0 Å². The van der Waals surface area contributed by atoms with Gasteiger partial charge >= 0.3 is 0 Å². The van der Waals surface area contributed by atoms with Gasteiger partial charge in [-0.2, -0.15) is 0 Å². The molecular weight excluding hydrogens is 404 g/mol. The number of aliphatic hydroxyl groups excluding tert-OH is 1. The quantitative estimate of drug-likeness (QED) is 0.781. The average molecular weight is 411 g/mol. The summed E-state index contributed by atoms with van der Waals surface area (Å²) in [7, 11) is 0. The first-order chi connectivity index (χ1) is 7.59. The smallest absolute Gasteiger partial charge is 0.150 e. The number of hydrogen-bond donors (Lipinski definition) is 1. The van der Waals surface area contributed by atoms with E-state index in [9.17, 15) is 5.11 Å². The molecule has 0 radical (unpaired) electrons. The molecule has 0 saturated carbocycles. The standard InChI is InChI=1S/C11H7Br3O2/c12-6-1-2-7(9(14)5-6)10(15)11-8(13)3-4-16-11/h1-5,10,15H. The molecule has 2 rings (SSSR count). The molecule has 1 aromatic heterocycles. The van der Waals surface area contributed by atoms with Gasteiger partial charge in [0.15, 0.2) is 5.76 Å². The van der Waals surface area contributed by atoms with E-state index in [1.165, 1.54) is 6.26 Å². The van der Waals surface area contributed by atoms with E-state index >= 15 is 0 Å². The Morgan fingerprint density at radius 3 is 2.38 bits per heavy atom. The van der Waals surface area contributed by atoms with Crippen molar-refractivity contribution in [1.29, 1.82) is 0 Å². The van der Waals surface area contributed by atoms with Crippen LogP contribution >= 0.6 is 47.8 Å². The first kappa shape index (κ1) is 12.4. The third-order valence-electron chi connectivity index (χ3n) is 2.15. The predicted octanol–water partition coefficient (Wildman–Crippen LogP) is 4.65. The van der Waals surface area contributed by atoms with E-state index in [-0.39, 0.29) is 0 Å². The Hall–Kier alpha value is -0.100. The number of benzene rings is 1. The second-order valence-electron chi connectivity index (χ2n) is 3.20. The van der Waals surface area contributed by atoms with Crippen LogP contribution in [0.4, 0.5) is 0 Å². The molecule has 2 aromatic rings. The first-order valence-corrected chi connectivity index (χ1v) is 6.83. The summed E-state index contributed by atoms with van der Waals surface area (Å²) in [6, 6.07) is 7.36. The van der Waals surface area contributed by atoms with Crippen LogP contribution in [-0.2, 0) is 0 Å². The van der Waals surface area contributed by atoms with Crippen molar-refractivity contribution in [2.75, 3.05) is 0 Å². The number of aliphatic hydroxyl groups is 1. The maximum absolute atomic E-state index is 10.2. The van der Waals surface area contributed by atoms with Gasteiger partial charge in [0.2, 0.25) is 0 Å². The highest BCUT2D eigenvalue weighted by molar-refractivity contribution is 9.11. The van der Waals surface area contributed by atoms with Crippen LogP contribution in [0.1, 0.15) is 17.4 Å². The number of hydrogen-bond acceptors (Lipinski definition) is 2. The zero-order valence-electron chi connectivity index (χ0n) is 7.95. The Balaban J connectivity index is 2.41. The number of furan rings is 1. The summed E-state index contributed by atoms with van der Waals surface area (Å²) in [5, 5.41) is 10.2. The Morgan fingerprint density at radius 1 is 1.06 bits per heavy atom. The van der Waals surface area contributed by atoms with Gasteiger partial charge in [0.05, 0.1) is 10.7 Å². The Kier molecular flexibility index (Phi) is 3.89. The van der Waals surface area contributed by atoms with Crippen LogP contribution < -0.4 is 0 Å². The second-order valence-corrected chi connectivity index (χ2v) is 5.83. The van der Waals surface area contributed by atoms with Gasteiger partial charge in [0.25, 0.3) is 0 Å². The molecule has 0 aliphatic heterocycles. The van der Waals surface area contributed by atoms with Crippen LogP contribution in [0.25, 0.3) is 0 Å². The highest BCUT2D eigenvalue weighted by Crippen LogP contribution is 2.34. The van der Waals surface area contributed by atoms with E-state index in [0.717, 1.165) is 19.0 Å². The van der Waals surface area contributed by atoms with Gasteiger partial charge in [-0.3, -0.25) is 0 Å². The fraction of sp³-hybridized carbons (Fsp3) is 0.0909. The molecule has 0 aliphatic carbocycles. The van der Waals surface area contributed by atoms with Crippen LogP contribution in [0.5, 0.6) is 0 Å². The molecule has 0 saturated heterocycles. The van der Waals surface area contributed by atoms with Crippen molar-refractivity contribution >= 4 is 47.8 Å². The van der Waals surface area contributed by atoms with E-state index in [1.807, 2.05) is 18.2 Å². The molecule has 1 unspecified atom stereocenters. The molecule has 0 spiro atoms. The molecule has 84 valence electrons. The molecule has 2 nitrogen and oxygen atoms in total. The molecule has 0 aliphatic rings. The lowest BCUT2D eigenvalue weighted by molar-refractivity contribution is 0.187. The minimum Gasteiger partial charge on any atom is -0.465 e. The summed E-state index contributed by atoms with van der Waals surface area (Å²) in [6.07, 6.45) is 0.752. The molecule has 5 heteroatoms. The summed E-state index contributed by atoms with van der Waals surface area (Å²) in [6.45, 7) is 0. The monoisotopic (exact) mass is 408 g/mol. The van der Waals surface area contributed by atoms with Gasteiger partial charge < -0.3 is 9.52 Å². The molecule has 1 aromatic carbocycles.